The van der Waals surface area contributed by atoms with Crippen LogP contribution in [0.25, 0.3) is 0 Å². The third-order valence-corrected chi connectivity index (χ3v) is 6.55. The molecule has 0 fully saturated rings. The van der Waals surface area contributed by atoms with Crippen LogP contribution in [0.5, 0.6) is 0 Å². The van der Waals surface area contributed by atoms with Gasteiger partial charge in [-0.3, -0.25) is 0 Å². The van der Waals surface area contributed by atoms with Gasteiger partial charge in [-0.2, -0.15) is 0 Å². The smallest absolute Gasteiger partial charge is 0.120 e. The molecule has 1 atom stereocenters. The maximum Gasteiger partial charge on any atom is 0.120 e. The highest BCUT2D eigenvalue weighted by molar-refractivity contribution is 7.85. The minimum atomic E-state index is -1.13. The molecule has 1 aliphatic rings. The normalized spacial score (nSPS) is 15.5. The first kappa shape index (κ1) is 17.9. The van der Waals surface area contributed by atoms with E-state index >= 15 is 0 Å². The number of anilines is 2. The monoisotopic (exact) mass is 380 g/mol. The summed E-state index contributed by atoms with van der Waals surface area (Å²) in [7, 11) is -1.13. The number of aromatic nitrogens is 2. The fourth-order valence-corrected chi connectivity index (χ4v) is 4.97. The predicted molar refractivity (Wildman–Crippen MR) is 109 cm³/mol. The molecule has 0 radical (unpaired) electrons. The summed E-state index contributed by atoms with van der Waals surface area (Å²) in [4.78, 5) is 11.5. The Morgan fingerprint density at radius 2 is 2.00 bits per heavy atom. The van der Waals surface area contributed by atoms with E-state index < -0.39 is 10.8 Å². The summed E-state index contributed by atoms with van der Waals surface area (Å²) < 4.78 is 13.1. The van der Waals surface area contributed by atoms with E-state index in [4.69, 9.17) is 0 Å². The summed E-state index contributed by atoms with van der Waals surface area (Å²) in [6.07, 6.45) is 4.59. The molecule has 3 aromatic rings. The highest BCUT2D eigenvalue weighted by Crippen LogP contribution is 2.44. The molecule has 4 rings (SSSR count). The molecule has 6 heteroatoms. The number of H-pyrrole nitrogens is 1. The predicted octanol–water partition coefficient (Wildman–Crippen LogP) is 3.82. The SMILES string of the molecule is Cc1ccc2c(c1C)N(CCCNCc1ncc[nH]1)c1ccccc1S2=O. The van der Waals surface area contributed by atoms with E-state index in [1.54, 1.807) is 6.20 Å². The van der Waals surface area contributed by atoms with E-state index in [9.17, 15) is 4.21 Å². The van der Waals surface area contributed by atoms with Crippen molar-refractivity contribution in [2.75, 3.05) is 18.0 Å². The summed E-state index contributed by atoms with van der Waals surface area (Å²) in [6, 6.07) is 12.1. The van der Waals surface area contributed by atoms with Crippen LogP contribution in [-0.4, -0.2) is 27.3 Å². The van der Waals surface area contributed by atoms with Crippen LogP contribution in [0.15, 0.2) is 58.6 Å². The molecule has 1 aromatic heterocycles. The molecule has 0 amide bonds. The molecule has 0 spiro atoms. The minimum absolute atomic E-state index is 0.738. The molecule has 140 valence electrons. The maximum absolute atomic E-state index is 13.1. The van der Waals surface area contributed by atoms with Gasteiger partial charge in [-0.15, -0.1) is 0 Å². The molecule has 5 nitrogen and oxygen atoms in total. The third-order valence-electron chi connectivity index (χ3n) is 5.07. The molecule has 2 N–H and O–H groups in total. The maximum atomic E-state index is 13.1. The summed E-state index contributed by atoms with van der Waals surface area (Å²) in [5.41, 5.74) is 4.60. The average molecular weight is 381 g/mol. The van der Waals surface area contributed by atoms with Gasteiger partial charge < -0.3 is 15.2 Å². The Kier molecular flexibility index (Phi) is 5.09. The van der Waals surface area contributed by atoms with Gasteiger partial charge in [0.2, 0.25) is 0 Å². The molecule has 27 heavy (non-hydrogen) atoms. The molecule has 2 aromatic carbocycles. The molecular formula is C21H24N4OS. The Labute approximate surface area is 162 Å². The Balaban J connectivity index is 1.55. The number of nitrogens with one attached hydrogen (secondary N) is 2. The van der Waals surface area contributed by atoms with Crippen molar-refractivity contribution in [2.24, 2.45) is 0 Å². The van der Waals surface area contributed by atoms with Crippen molar-refractivity contribution >= 4 is 22.2 Å². The second-order valence-corrected chi connectivity index (χ2v) is 8.23. The number of hydrogen-bond acceptors (Lipinski definition) is 4. The number of aryl methyl sites for hydroxylation is 1. The van der Waals surface area contributed by atoms with E-state index in [-0.39, 0.29) is 0 Å². The summed E-state index contributed by atoms with van der Waals surface area (Å²) in [5.74, 6) is 0.950. The molecule has 1 unspecified atom stereocenters. The number of nitrogens with zero attached hydrogens (tertiary/aromatic N) is 2. The lowest BCUT2D eigenvalue weighted by molar-refractivity contribution is 0.632. The second-order valence-electron chi connectivity index (χ2n) is 6.81. The quantitative estimate of drug-likeness (QED) is 0.638. The molecule has 2 heterocycles. The van der Waals surface area contributed by atoms with Crippen molar-refractivity contribution in [1.29, 1.82) is 0 Å². The zero-order valence-corrected chi connectivity index (χ0v) is 16.5. The largest absolute Gasteiger partial charge is 0.348 e. The van der Waals surface area contributed by atoms with Crippen LogP contribution in [0.2, 0.25) is 0 Å². The van der Waals surface area contributed by atoms with Gasteiger partial charge in [0.05, 0.1) is 38.5 Å². The van der Waals surface area contributed by atoms with Crippen LogP contribution in [-0.2, 0) is 17.3 Å². The molecule has 0 bridgehead atoms. The molecule has 1 aliphatic heterocycles. The molecule has 0 saturated carbocycles. The highest BCUT2D eigenvalue weighted by atomic mass is 32.2. The van der Waals surface area contributed by atoms with Gasteiger partial charge in [-0.25, -0.2) is 9.19 Å². The minimum Gasteiger partial charge on any atom is -0.348 e. The number of hydrogen-bond donors (Lipinski definition) is 2. The van der Waals surface area contributed by atoms with Crippen molar-refractivity contribution in [3.8, 4) is 0 Å². The Hall–Kier alpha value is -2.44. The lowest BCUT2D eigenvalue weighted by Crippen LogP contribution is -2.28. The first-order chi connectivity index (χ1) is 13.2. The zero-order chi connectivity index (χ0) is 18.8. The number of rotatable bonds is 6. The van der Waals surface area contributed by atoms with Crippen LogP contribution in [0.4, 0.5) is 11.4 Å². The first-order valence-corrected chi connectivity index (χ1v) is 10.4. The Bertz CT molecular complexity index is 968. The van der Waals surface area contributed by atoms with Crippen LogP contribution >= 0.6 is 0 Å². The van der Waals surface area contributed by atoms with E-state index in [0.29, 0.717) is 0 Å². The molecular weight excluding hydrogens is 356 g/mol. The standard InChI is InChI=1S/C21H24N4OS/c1-15-8-9-19-21(16(15)2)25(17-6-3-4-7-18(17)27(19)26)13-5-10-22-14-20-23-11-12-24-20/h3-4,6-9,11-12,22H,5,10,13-14H2,1-2H3,(H,23,24). The van der Waals surface area contributed by atoms with Gasteiger partial charge in [0.1, 0.15) is 5.82 Å². The lowest BCUT2D eigenvalue weighted by Gasteiger charge is -2.34. The zero-order valence-electron chi connectivity index (χ0n) is 15.7. The van der Waals surface area contributed by atoms with Crippen LogP contribution < -0.4 is 10.2 Å². The Morgan fingerprint density at radius 3 is 2.81 bits per heavy atom. The van der Waals surface area contributed by atoms with E-state index in [2.05, 4.69) is 46.2 Å². The van der Waals surface area contributed by atoms with Gasteiger partial charge in [-0.05, 0) is 56.1 Å². The third kappa shape index (κ3) is 3.42. The van der Waals surface area contributed by atoms with E-state index in [1.165, 1.54) is 11.1 Å². The number of fused-ring (bicyclic) bond motifs is 2. The van der Waals surface area contributed by atoms with Crippen molar-refractivity contribution in [2.45, 2.75) is 36.6 Å². The van der Waals surface area contributed by atoms with Crippen LogP contribution in [0.3, 0.4) is 0 Å². The molecule has 0 aliphatic carbocycles. The van der Waals surface area contributed by atoms with Gasteiger partial charge in [0, 0.05) is 18.9 Å². The van der Waals surface area contributed by atoms with Gasteiger partial charge in [0.15, 0.2) is 0 Å². The summed E-state index contributed by atoms with van der Waals surface area (Å²) >= 11 is 0. The second kappa shape index (κ2) is 7.66. The number of imidazole rings is 1. The average Bonchev–Trinajstić information content (AvgIpc) is 3.20. The van der Waals surface area contributed by atoms with E-state index in [1.807, 2.05) is 30.5 Å². The van der Waals surface area contributed by atoms with Gasteiger partial charge in [0.25, 0.3) is 0 Å². The number of para-hydroxylation sites is 1. The van der Waals surface area contributed by atoms with Crippen LogP contribution in [0.1, 0.15) is 23.4 Å². The number of aromatic amines is 1. The fraction of sp³-hybridized carbons (Fsp3) is 0.286. The summed E-state index contributed by atoms with van der Waals surface area (Å²) in [6.45, 7) is 6.74. The van der Waals surface area contributed by atoms with Crippen molar-refractivity contribution in [3.63, 3.8) is 0 Å². The highest BCUT2D eigenvalue weighted by Gasteiger charge is 2.29. The fourth-order valence-electron chi connectivity index (χ4n) is 3.53. The first-order valence-electron chi connectivity index (χ1n) is 9.24. The summed E-state index contributed by atoms with van der Waals surface area (Å²) in [5, 5.41) is 3.43. The topological polar surface area (TPSA) is 61.0 Å². The Morgan fingerprint density at radius 1 is 1.15 bits per heavy atom. The van der Waals surface area contributed by atoms with Gasteiger partial charge in [-0.1, -0.05) is 18.2 Å². The number of benzene rings is 2. The van der Waals surface area contributed by atoms with Crippen LogP contribution in [0, 0.1) is 13.8 Å². The van der Waals surface area contributed by atoms with Crippen molar-refractivity contribution in [3.05, 3.63) is 65.7 Å². The van der Waals surface area contributed by atoms with Gasteiger partial charge >= 0.3 is 0 Å². The molecule has 0 saturated heterocycles. The van der Waals surface area contributed by atoms with Crippen molar-refractivity contribution < 1.29 is 4.21 Å². The van der Waals surface area contributed by atoms with E-state index in [0.717, 1.165) is 53.0 Å². The lowest BCUT2D eigenvalue weighted by atomic mass is 10.1. The van der Waals surface area contributed by atoms with Crippen molar-refractivity contribution in [1.82, 2.24) is 15.3 Å².